The van der Waals surface area contributed by atoms with Crippen molar-refractivity contribution in [2.45, 2.75) is 139 Å². The average molecular weight is 1430 g/mol. The first kappa shape index (κ1) is 83.3. The molecule has 0 spiro atoms. The Balaban J connectivity index is 1.45. The van der Waals surface area contributed by atoms with Crippen LogP contribution in [0.1, 0.15) is 102 Å². The zero-order chi connectivity index (χ0) is 74.7. The van der Waals surface area contributed by atoms with Gasteiger partial charge in [-0.15, -0.1) is 0 Å². The molecule has 2 aromatic rings. The van der Waals surface area contributed by atoms with Gasteiger partial charge in [0, 0.05) is 103 Å². The molecule has 17 N–H and O–H groups in total. The second-order valence-electron chi connectivity index (χ2n) is 24.9. The molecule has 0 radical (unpaired) electrons. The predicted octanol–water partition coefficient (Wildman–Crippen LogP) is -2.33. The van der Waals surface area contributed by atoms with Crippen molar-refractivity contribution in [3.05, 3.63) is 48.0 Å². The highest BCUT2D eigenvalue weighted by molar-refractivity contribution is 5.96. The lowest BCUT2D eigenvalue weighted by atomic mass is 9.81. The van der Waals surface area contributed by atoms with Gasteiger partial charge in [-0.25, -0.2) is 14.4 Å². The molecule has 2 aliphatic rings. The summed E-state index contributed by atoms with van der Waals surface area (Å²) in [5, 5.41) is 107. The summed E-state index contributed by atoms with van der Waals surface area (Å²) in [5.41, 5.74) is 0.558. The number of hydrogen-bond acceptors (Lipinski definition) is 20. The third kappa shape index (κ3) is 33.1. The maximum Gasteiger partial charge on any atom is 0.326 e. The van der Waals surface area contributed by atoms with Crippen LogP contribution in [0.4, 0.5) is 4.79 Å². The van der Waals surface area contributed by atoms with E-state index in [1.54, 1.807) is 43.9 Å². The molecule has 0 bridgehead atoms. The van der Waals surface area contributed by atoms with Crippen molar-refractivity contribution in [3.8, 4) is 0 Å². The second-order valence-corrected chi connectivity index (χ2v) is 24.9. The van der Waals surface area contributed by atoms with E-state index in [1.807, 2.05) is 23.5 Å². The summed E-state index contributed by atoms with van der Waals surface area (Å²) in [6, 6.07) is 1.42. The van der Waals surface area contributed by atoms with E-state index in [9.17, 15) is 118 Å². The first-order valence-electron chi connectivity index (χ1n) is 33.0. The summed E-state index contributed by atoms with van der Waals surface area (Å²) in [7, 11) is 0. The van der Waals surface area contributed by atoms with Crippen molar-refractivity contribution >= 4 is 106 Å². The fourth-order valence-corrected chi connectivity index (χ4v) is 11.4. The molecule has 4 rings (SSSR count). The van der Waals surface area contributed by atoms with E-state index in [0.717, 1.165) is 10.8 Å². The van der Waals surface area contributed by atoms with Crippen LogP contribution in [0.3, 0.4) is 0 Å². The summed E-state index contributed by atoms with van der Waals surface area (Å²) < 4.78 is 0. The second kappa shape index (κ2) is 43.4. The molecule has 0 aromatic heterocycles. The number of amides is 8. The molecule has 1 saturated carbocycles. The van der Waals surface area contributed by atoms with Gasteiger partial charge >= 0.3 is 59.8 Å². The fraction of sp³-hybridized carbons (Fsp3) is 0.594. The zero-order valence-corrected chi connectivity index (χ0v) is 55.7. The van der Waals surface area contributed by atoms with Gasteiger partial charge in [0.2, 0.25) is 35.4 Å². The van der Waals surface area contributed by atoms with Gasteiger partial charge in [-0.05, 0) is 92.9 Å². The van der Waals surface area contributed by atoms with Gasteiger partial charge in [-0.1, -0.05) is 42.5 Å². The number of hydrogen-bond donors (Lipinski definition) is 17. The maximum atomic E-state index is 14.6. The number of aliphatic carboxylic acids is 9. The normalized spacial score (nSPS) is 17.5. The SMILES string of the molecule is O=C(O)CC[C@H](NC(=O)N[C@@H](CCCCNC(=O)[C@H](CCC(=O)O)NC(=O)[C@H](CCC(=O)O)NC(=O)[C@H](CCC(=O)O)NC(=O)[C@H](Cc1ccc2ccccc2c1)NC(=O)C1CCC(CNC(=O)CN2CCN(CC(=O)O)CCN(CC(=O)O)CCN(CC(=O)O)CC2)CC1)C(=O)O)C(=O)O. The van der Waals surface area contributed by atoms with E-state index in [0.29, 0.717) is 31.2 Å². The van der Waals surface area contributed by atoms with Crippen LogP contribution < -0.4 is 42.5 Å². The summed E-state index contributed by atoms with van der Waals surface area (Å²) in [4.78, 5) is 208. The zero-order valence-electron chi connectivity index (χ0n) is 55.7. The Morgan fingerprint density at radius 1 is 0.386 bits per heavy atom. The van der Waals surface area contributed by atoms with E-state index in [-0.39, 0.29) is 129 Å². The van der Waals surface area contributed by atoms with Gasteiger partial charge in [0.05, 0.1) is 26.2 Å². The monoisotopic (exact) mass is 1430 g/mol. The van der Waals surface area contributed by atoms with E-state index in [1.165, 1.54) is 0 Å². The van der Waals surface area contributed by atoms with Crippen LogP contribution in [0.15, 0.2) is 42.5 Å². The van der Waals surface area contributed by atoms with Gasteiger partial charge in [0.15, 0.2) is 0 Å². The van der Waals surface area contributed by atoms with Crippen molar-refractivity contribution in [2.24, 2.45) is 11.8 Å². The summed E-state index contributed by atoms with van der Waals surface area (Å²) in [6.45, 7) is 0.489. The number of benzene rings is 2. The first-order valence-corrected chi connectivity index (χ1v) is 33.0. The van der Waals surface area contributed by atoms with Crippen molar-refractivity contribution in [1.29, 1.82) is 0 Å². The van der Waals surface area contributed by atoms with Gasteiger partial charge < -0.3 is 88.5 Å². The Morgan fingerprint density at radius 3 is 1.21 bits per heavy atom. The molecule has 2 fully saturated rings. The molecular weight excluding hydrogens is 1340 g/mol. The Morgan fingerprint density at radius 2 is 0.782 bits per heavy atom. The summed E-state index contributed by atoms with van der Waals surface area (Å²) in [6.07, 6.45) is -4.06. The Labute approximate surface area is 579 Å². The minimum Gasteiger partial charge on any atom is -0.481 e. The molecule has 101 heavy (non-hydrogen) atoms. The molecule has 8 amide bonds. The Kier molecular flexibility index (Phi) is 35.8. The molecule has 1 aliphatic heterocycles. The van der Waals surface area contributed by atoms with Gasteiger partial charge in [0.25, 0.3) is 0 Å². The Bertz CT molecular complexity index is 3210. The van der Waals surface area contributed by atoms with Gasteiger partial charge in [-0.2, -0.15) is 0 Å². The molecule has 37 nitrogen and oxygen atoms in total. The molecule has 558 valence electrons. The third-order valence-electron chi connectivity index (χ3n) is 17.0. The summed E-state index contributed by atoms with van der Waals surface area (Å²) in [5.74, 6) is -18.0. The topological polar surface area (TPSA) is 564 Å². The number of rotatable bonds is 42. The largest absolute Gasteiger partial charge is 0.481 e. The number of fused-ring (bicyclic) bond motifs is 1. The molecule has 37 heteroatoms. The maximum absolute atomic E-state index is 14.6. The number of nitrogens with zero attached hydrogens (tertiary/aromatic N) is 4. The molecular formula is C64H92N12O25. The lowest BCUT2D eigenvalue weighted by molar-refractivity contribution is -0.141. The van der Waals surface area contributed by atoms with Gasteiger partial charge in [-0.3, -0.25) is 81.9 Å². The standard InChI is InChI=1S/C64H92N12O25/c77-49(34-73-23-25-74(35-54(86)87)27-29-76(37-56(90)91)30-28-75(26-24-73)36-55(88)89)66-33-38-8-12-41(13-9-38)57(92)70-48(32-39-10-11-40-5-1-2-6-42(40)31-39)61(96)69-45(16-20-52(82)83)60(95)68-44(15-19-51(80)81)59(94)67-43(14-18-50(78)79)58(93)65-22-4-3-7-46(62(97)98)71-64(101)72-47(63(99)100)17-21-53(84)85/h1-2,5-6,10-11,31,38,41,43-48H,3-4,7-9,12-30,32-37H2,(H,65,93)(H,66,77)(H,67,94)(H,68,95)(H,69,96)(H,70,92)(H,78,79)(H,80,81)(H,82,83)(H,84,85)(H,86,87)(H,88,89)(H,90,91)(H,97,98)(H,99,100)(H2,71,72,101)/t38?,41?,43-,44-,45-,46-,47-,48-/m0/s1. The molecule has 1 aliphatic carbocycles. The minimum atomic E-state index is -1.83. The highest BCUT2D eigenvalue weighted by Gasteiger charge is 2.35. The van der Waals surface area contributed by atoms with Gasteiger partial charge in [0.1, 0.15) is 36.3 Å². The van der Waals surface area contributed by atoms with Crippen LogP contribution in [-0.2, 0) is 78.3 Å². The molecule has 1 heterocycles. The number of carbonyl (C=O) groups is 16. The number of urea groups is 1. The fourth-order valence-electron chi connectivity index (χ4n) is 11.4. The highest BCUT2D eigenvalue weighted by atomic mass is 16.4. The van der Waals surface area contributed by atoms with Crippen molar-refractivity contribution in [2.75, 3.05) is 91.6 Å². The summed E-state index contributed by atoms with van der Waals surface area (Å²) >= 11 is 0. The highest BCUT2D eigenvalue weighted by Crippen LogP contribution is 2.29. The van der Waals surface area contributed by atoms with Crippen molar-refractivity contribution in [1.82, 2.24) is 62.1 Å². The number of nitrogens with one attached hydrogen (secondary N) is 8. The number of carboxylic acids is 9. The number of carbonyl (C=O) groups excluding carboxylic acids is 7. The van der Waals surface area contributed by atoms with Crippen LogP contribution in [0.2, 0.25) is 0 Å². The minimum absolute atomic E-state index is 0.00846. The number of carboxylic acid groups (broad SMARTS) is 9. The van der Waals surface area contributed by atoms with E-state index in [4.69, 9.17) is 5.11 Å². The van der Waals surface area contributed by atoms with Crippen LogP contribution in [-0.4, -0.2) is 289 Å². The lowest BCUT2D eigenvalue weighted by Crippen LogP contribution is -2.59. The average Bonchev–Trinajstić information content (AvgIpc) is 0.831. The third-order valence-corrected chi connectivity index (χ3v) is 17.0. The van der Waals surface area contributed by atoms with E-state index < -0.39 is 183 Å². The quantitative estimate of drug-likeness (QED) is 0.0310. The molecule has 1 saturated heterocycles. The lowest BCUT2D eigenvalue weighted by Gasteiger charge is -2.33. The smallest absolute Gasteiger partial charge is 0.326 e. The molecule has 0 unspecified atom stereocenters. The van der Waals surface area contributed by atoms with Crippen LogP contribution in [0.5, 0.6) is 0 Å². The number of unbranched alkanes of at least 4 members (excludes halogenated alkanes) is 1. The van der Waals surface area contributed by atoms with E-state index in [2.05, 4.69) is 37.2 Å². The predicted molar refractivity (Wildman–Crippen MR) is 351 cm³/mol. The molecule has 6 atom stereocenters. The van der Waals surface area contributed by atoms with Crippen LogP contribution >= 0.6 is 0 Å². The first-order chi connectivity index (χ1) is 47.8. The molecule has 2 aromatic carbocycles. The van der Waals surface area contributed by atoms with E-state index >= 15 is 0 Å². The van der Waals surface area contributed by atoms with Crippen molar-refractivity contribution < 1.29 is 123 Å². The van der Waals surface area contributed by atoms with Crippen LogP contribution in [0.25, 0.3) is 10.8 Å². The Hall–Kier alpha value is -10.1. The van der Waals surface area contributed by atoms with Crippen LogP contribution in [0, 0.1) is 11.8 Å². The van der Waals surface area contributed by atoms with Crippen molar-refractivity contribution in [3.63, 3.8) is 0 Å².